The molecule has 0 bridgehead atoms. The Hall–Kier alpha value is -0.600. The number of rotatable bonds is 1. The summed E-state index contributed by atoms with van der Waals surface area (Å²) in [6.45, 7) is 6.43. The summed E-state index contributed by atoms with van der Waals surface area (Å²) in [6.07, 6.45) is 0. The summed E-state index contributed by atoms with van der Waals surface area (Å²) in [7, 11) is 1.41. The fourth-order valence-electron chi connectivity index (χ4n) is 0.297. The zero-order valence-corrected chi connectivity index (χ0v) is 7.29. The summed E-state index contributed by atoms with van der Waals surface area (Å²) in [5, 5.41) is 2.19. The van der Waals surface area contributed by atoms with Gasteiger partial charge in [0.1, 0.15) is 0 Å². The van der Waals surface area contributed by atoms with Crippen molar-refractivity contribution in [2.75, 3.05) is 7.05 Å². The lowest BCUT2D eigenvalue weighted by molar-refractivity contribution is -0.130. The third kappa shape index (κ3) is 5.54. The van der Waals surface area contributed by atoms with Gasteiger partial charge in [-0.3, -0.25) is 4.79 Å². The molecule has 0 spiro atoms. The number of hydrogen-bond acceptors (Lipinski definition) is 1. The molecule has 10 heavy (non-hydrogen) atoms. The minimum Gasteiger partial charge on any atom is -0.356 e. The van der Waals surface area contributed by atoms with Gasteiger partial charge in [0.05, 0.1) is 0 Å². The highest BCUT2D eigenvalue weighted by molar-refractivity contribution is 5.83. The molecule has 0 aromatic rings. The number of amides is 1. The van der Waals surface area contributed by atoms with Gasteiger partial charge in [0.25, 0.3) is 5.91 Å². The van der Waals surface area contributed by atoms with Gasteiger partial charge in [0.2, 0.25) is 0 Å². The van der Waals surface area contributed by atoms with Crippen LogP contribution in [0.3, 0.4) is 0 Å². The Morgan fingerprint density at radius 1 is 1.40 bits per heavy atom. The second-order valence-electron chi connectivity index (χ2n) is 2.05. The van der Waals surface area contributed by atoms with Gasteiger partial charge in [-0.15, -0.1) is 0 Å². The number of carbonyl (C=O) groups excluding carboxylic acids is 1. The maximum atomic E-state index is 12.4. The van der Waals surface area contributed by atoms with Crippen LogP contribution < -0.4 is 5.32 Å². The average Bonchev–Trinajstić information content (AvgIpc) is 1.89. The van der Waals surface area contributed by atoms with Crippen LogP contribution in [0, 0.1) is 0 Å². The first-order valence-corrected chi connectivity index (χ1v) is 3.39. The molecule has 0 aromatic heterocycles. The first-order valence-electron chi connectivity index (χ1n) is 3.39. The largest absolute Gasteiger partial charge is 0.356 e. The summed E-state index contributed by atoms with van der Waals surface area (Å²) in [5.41, 5.74) is -1.74. The summed E-state index contributed by atoms with van der Waals surface area (Å²) in [4.78, 5) is 10.3. The summed E-state index contributed by atoms with van der Waals surface area (Å²) in [5.74, 6) is -0.586. The van der Waals surface area contributed by atoms with Gasteiger partial charge in [-0.25, -0.2) is 4.39 Å². The van der Waals surface area contributed by atoms with E-state index in [0.717, 1.165) is 0 Å². The fraction of sp³-hybridized carbons (Fsp3) is 0.857. The Labute approximate surface area is 61.8 Å². The molecular formula is C7H16FNO. The SMILES string of the molecule is CC.CNC(=O)C(C)(C)F. The van der Waals surface area contributed by atoms with Crippen LogP contribution in [0.25, 0.3) is 0 Å². The molecule has 0 atom stereocenters. The van der Waals surface area contributed by atoms with Crippen molar-refractivity contribution in [2.24, 2.45) is 0 Å². The number of halogens is 1. The van der Waals surface area contributed by atoms with Crippen LogP contribution in [0.2, 0.25) is 0 Å². The van der Waals surface area contributed by atoms with Gasteiger partial charge in [-0.1, -0.05) is 13.8 Å². The second kappa shape index (κ2) is 5.21. The third-order valence-corrected chi connectivity index (χ3v) is 0.767. The van der Waals surface area contributed by atoms with E-state index in [9.17, 15) is 9.18 Å². The van der Waals surface area contributed by atoms with Gasteiger partial charge in [0, 0.05) is 7.05 Å². The predicted molar refractivity (Wildman–Crippen MR) is 40.6 cm³/mol. The molecule has 0 heterocycles. The van der Waals surface area contributed by atoms with E-state index in [1.807, 2.05) is 13.8 Å². The molecule has 0 fully saturated rings. The van der Waals surface area contributed by atoms with E-state index >= 15 is 0 Å². The number of nitrogens with one attached hydrogen (secondary N) is 1. The Morgan fingerprint density at radius 3 is 1.70 bits per heavy atom. The standard InChI is InChI=1S/C5H10FNO.C2H6/c1-5(2,6)4(8)7-3;1-2/h1-3H3,(H,7,8);1-2H3. The van der Waals surface area contributed by atoms with Gasteiger partial charge < -0.3 is 5.32 Å². The summed E-state index contributed by atoms with van der Waals surface area (Å²) in [6, 6.07) is 0. The molecule has 0 rings (SSSR count). The van der Waals surface area contributed by atoms with Crippen LogP contribution in [0.1, 0.15) is 27.7 Å². The lowest BCUT2D eigenvalue weighted by atomic mass is 10.1. The molecule has 3 heteroatoms. The van der Waals surface area contributed by atoms with E-state index in [0.29, 0.717) is 0 Å². The molecule has 62 valence electrons. The van der Waals surface area contributed by atoms with E-state index in [1.165, 1.54) is 20.9 Å². The van der Waals surface area contributed by atoms with Gasteiger partial charge in [-0.2, -0.15) is 0 Å². The first-order chi connectivity index (χ1) is 4.48. The molecule has 0 aliphatic rings. The summed E-state index contributed by atoms with van der Waals surface area (Å²) < 4.78 is 12.4. The van der Waals surface area contributed by atoms with Crippen LogP contribution >= 0.6 is 0 Å². The third-order valence-electron chi connectivity index (χ3n) is 0.767. The number of hydrogen-bond donors (Lipinski definition) is 1. The van der Waals surface area contributed by atoms with Crippen molar-refractivity contribution in [3.8, 4) is 0 Å². The minimum absolute atomic E-state index is 0.586. The Morgan fingerprint density at radius 2 is 1.70 bits per heavy atom. The topological polar surface area (TPSA) is 29.1 Å². The molecule has 1 N–H and O–H groups in total. The van der Waals surface area contributed by atoms with Crippen molar-refractivity contribution in [1.29, 1.82) is 0 Å². The monoisotopic (exact) mass is 149 g/mol. The van der Waals surface area contributed by atoms with Crippen LogP contribution in [-0.2, 0) is 4.79 Å². The summed E-state index contributed by atoms with van der Waals surface area (Å²) >= 11 is 0. The van der Waals surface area contributed by atoms with Crippen molar-refractivity contribution in [2.45, 2.75) is 33.4 Å². The van der Waals surface area contributed by atoms with E-state index in [-0.39, 0.29) is 0 Å². The van der Waals surface area contributed by atoms with E-state index in [4.69, 9.17) is 0 Å². The number of carbonyl (C=O) groups is 1. The average molecular weight is 149 g/mol. The van der Waals surface area contributed by atoms with Crippen LogP contribution in [-0.4, -0.2) is 18.6 Å². The van der Waals surface area contributed by atoms with Crippen molar-refractivity contribution in [3.05, 3.63) is 0 Å². The maximum Gasteiger partial charge on any atom is 0.256 e. The molecule has 2 nitrogen and oxygen atoms in total. The highest BCUT2D eigenvalue weighted by atomic mass is 19.1. The highest BCUT2D eigenvalue weighted by Gasteiger charge is 2.24. The van der Waals surface area contributed by atoms with Crippen LogP contribution in [0.4, 0.5) is 4.39 Å². The molecule has 0 radical (unpaired) electrons. The van der Waals surface area contributed by atoms with Crippen molar-refractivity contribution in [3.63, 3.8) is 0 Å². The molecule has 0 aliphatic heterocycles. The van der Waals surface area contributed by atoms with Crippen LogP contribution in [0.15, 0.2) is 0 Å². The quantitative estimate of drug-likeness (QED) is 0.601. The first kappa shape index (κ1) is 12.1. The molecule has 0 aromatic carbocycles. The fourth-order valence-corrected chi connectivity index (χ4v) is 0.297. The van der Waals surface area contributed by atoms with Gasteiger partial charge >= 0.3 is 0 Å². The van der Waals surface area contributed by atoms with Crippen molar-refractivity contribution >= 4 is 5.91 Å². The smallest absolute Gasteiger partial charge is 0.256 e. The predicted octanol–water partition coefficient (Wildman–Crippen LogP) is 1.51. The molecule has 0 aliphatic carbocycles. The zero-order chi connectivity index (χ0) is 8.78. The Balaban J connectivity index is 0. The van der Waals surface area contributed by atoms with E-state index < -0.39 is 11.6 Å². The van der Waals surface area contributed by atoms with E-state index in [1.54, 1.807) is 0 Å². The van der Waals surface area contributed by atoms with Gasteiger partial charge in [0.15, 0.2) is 5.67 Å². The maximum absolute atomic E-state index is 12.4. The normalized spacial score (nSPS) is 9.40. The minimum atomic E-state index is -1.74. The van der Waals surface area contributed by atoms with Crippen molar-refractivity contribution < 1.29 is 9.18 Å². The lowest BCUT2D eigenvalue weighted by Gasteiger charge is -2.09. The highest BCUT2D eigenvalue weighted by Crippen LogP contribution is 2.06. The Bertz CT molecular complexity index is 96.3. The second-order valence-corrected chi connectivity index (χ2v) is 2.05. The van der Waals surface area contributed by atoms with Crippen molar-refractivity contribution in [1.82, 2.24) is 5.32 Å². The molecule has 0 saturated carbocycles. The molecule has 1 amide bonds. The van der Waals surface area contributed by atoms with Crippen LogP contribution in [0.5, 0.6) is 0 Å². The zero-order valence-electron chi connectivity index (χ0n) is 7.29. The van der Waals surface area contributed by atoms with Gasteiger partial charge in [-0.05, 0) is 13.8 Å². The molecule has 0 unspecified atom stereocenters. The lowest BCUT2D eigenvalue weighted by Crippen LogP contribution is -2.36. The number of alkyl halides is 1. The Kier molecular flexibility index (Phi) is 6.31. The molecule has 0 saturated heterocycles. The van der Waals surface area contributed by atoms with E-state index in [2.05, 4.69) is 5.32 Å². The molecular weight excluding hydrogens is 133 g/mol.